The highest BCUT2D eigenvalue weighted by molar-refractivity contribution is 5.94. The summed E-state index contributed by atoms with van der Waals surface area (Å²) < 4.78 is 0. The molecule has 1 radical (unpaired) electrons. The van der Waals surface area contributed by atoms with Gasteiger partial charge >= 0.3 is 0 Å². The van der Waals surface area contributed by atoms with Gasteiger partial charge in [0.25, 0.3) is 5.91 Å². The molecular formula is C19H28N3O. The third kappa shape index (κ3) is 5.02. The van der Waals surface area contributed by atoms with Crippen LogP contribution in [0, 0.1) is 6.04 Å². The second-order valence-electron chi connectivity index (χ2n) is 5.57. The van der Waals surface area contributed by atoms with Crippen molar-refractivity contribution in [2.75, 3.05) is 0 Å². The molecule has 0 spiro atoms. The van der Waals surface area contributed by atoms with Gasteiger partial charge in [-0.05, 0) is 25.0 Å². The summed E-state index contributed by atoms with van der Waals surface area (Å²) in [6.07, 6.45) is 9.71. The lowest BCUT2D eigenvalue weighted by molar-refractivity contribution is 0.0946. The maximum atomic E-state index is 12.3. The number of rotatable bonds is 2. The number of amides is 1. The molecule has 1 fully saturated rings. The molecule has 0 unspecified atom stereocenters. The number of benzene rings is 1. The van der Waals surface area contributed by atoms with Crippen LogP contribution in [0.4, 0.5) is 0 Å². The van der Waals surface area contributed by atoms with E-state index in [4.69, 9.17) is 0 Å². The van der Waals surface area contributed by atoms with Gasteiger partial charge in [-0.1, -0.05) is 59.1 Å². The van der Waals surface area contributed by atoms with Crippen molar-refractivity contribution in [3.63, 3.8) is 0 Å². The zero-order chi connectivity index (χ0) is 14.5. The van der Waals surface area contributed by atoms with Crippen molar-refractivity contribution in [3.8, 4) is 0 Å². The highest BCUT2D eigenvalue weighted by atomic mass is 16.1. The van der Waals surface area contributed by atoms with Crippen LogP contribution in [0.15, 0.2) is 30.5 Å². The Labute approximate surface area is 139 Å². The molecule has 0 bridgehead atoms. The minimum atomic E-state index is -0.135. The van der Waals surface area contributed by atoms with Crippen LogP contribution in [-0.4, -0.2) is 15.9 Å². The van der Waals surface area contributed by atoms with E-state index in [0.29, 0.717) is 5.69 Å². The summed E-state index contributed by atoms with van der Waals surface area (Å²) in [4.78, 5) is 21.0. The summed E-state index contributed by atoms with van der Waals surface area (Å²) in [6.45, 7) is 0. The summed E-state index contributed by atoms with van der Waals surface area (Å²) in [5.74, 6) is -0.135. The molecule has 0 atom stereocenters. The van der Waals surface area contributed by atoms with Gasteiger partial charge in [0.05, 0.1) is 23.3 Å². The van der Waals surface area contributed by atoms with E-state index >= 15 is 0 Å². The van der Waals surface area contributed by atoms with Gasteiger partial charge in [0.1, 0.15) is 5.69 Å². The summed E-state index contributed by atoms with van der Waals surface area (Å²) in [5.41, 5.74) is 1.96. The lowest BCUT2D eigenvalue weighted by Crippen LogP contribution is -2.29. The molecule has 1 amide bonds. The smallest absolute Gasteiger partial charge is 0.272 e. The Bertz CT molecular complexity index is 619. The molecule has 23 heavy (non-hydrogen) atoms. The van der Waals surface area contributed by atoms with Crippen LogP contribution >= 0.6 is 0 Å². The van der Waals surface area contributed by atoms with E-state index in [0.717, 1.165) is 29.9 Å². The molecule has 0 saturated heterocycles. The Morgan fingerprint density at radius 3 is 2.22 bits per heavy atom. The van der Waals surface area contributed by atoms with Crippen molar-refractivity contribution in [1.82, 2.24) is 15.3 Å². The maximum absolute atomic E-state index is 12.3. The highest BCUT2D eigenvalue weighted by Gasteiger charge is 2.17. The van der Waals surface area contributed by atoms with Crippen LogP contribution in [0.1, 0.15) is 70.3 Å². The van der Waals surface area contributed by atoms with Crippen molar-refractivity contribution < 1.29 is 4.79 Å². The van der Waals surface area contributed by atoms with Crippen molar-refractivity contribution in [1.29, 1.82) is 0 Å². The minimum Gasteiger partial charge on any atom is -0.343 e. The summed E-state index contributed by atoms with van der Waals surface area (Å²) in [7, 11) is 0. The van der Waals surface area contributed by atoms with Gasteiger partial charge in [-0.25, -0.2) is 4.98 Å². The molecule has 1 aliphatic rings. The summed E-state index contributed by atoms with van der Waals surface area (Å²) >= 11 is 0. The predicted octanol–water partition coefficient (Wildman–Crippen LogP) is 4.91. The summed E-state index contributed by atoms with van der Waals surface area (Å²) in [6, 6.07) is 8.74. The highest BCUT2D eigenvalue weighted by Crippen LogP contribution is 2.22. The first-order valence-corrected chi connectivity index (χ1v) is 7.71. The van der Waals surface area contributed by atoms with Crippen molar-refractivity contribution in [2.24, 2.45) is 0 Å². The zero-order valence-corrected chi connectivity index (χ0v) is 12.1. The Morgan fingerprint density at radius 1 is 0.913 bits per heavy atom. The molecule has 1 aromatic carbocycles. The van der Waals surface area contributed by atoms with Crippen LogP contribution < -0.4 is 5.32 Å². The van der Waals surface area contributed by atoms with Crippen LogP contribution in [0.5, 0.6) is 0 Å². The monoisotopic (exact) mass is 314 g/mol. The molecule has 125 valence electrons. The lowest BCUT2D eigenvalue weighted by Gasteiger charge is -2.19. The summed E-state index contributed by atoms with van der Waals surface area (Å²) in [5, 5.41) is 3.04. The zero-order valence-electron chi connectivity index (χ0n) is 12.1. The third-order valence-corrected chi connectivity index (χ3v) is 3.93. The third-order valence-electron chi connectivity index (χ3n) is 3.93. The van der Waals surface area contributed by atoms with Gasteiger partial charge in [-0.15, -0.1) is 0 Å². The fraction of sp³-hybridized carbons (Fsp3) is 0.474. The van der Waals surface area contributed by atoms with Gasteiger partial charge in [0.2, 0.25) is 0 Å². The molecule has 2 aromatic rings. The second kappa shape index (κ2) is 9.23. The molecule has 4 heteroatoms. The van der Waals surface area contributed by atoms with Crippen LogP contribution in [0.3, 0.4) is 0 Å². The first-order chi connectivity index (χ1) is 10.3. The standard InChI is InChI=1S/C17H20N3O.2CH4/c21-17(19-13-8-4-2-1-3-5-9-13)16-12-18-14-10-6-7-11-15(14)20-16;;/h6-7,10-12H,1-5,8-9H2,(H,19,21);2*1H4. The predicted molar refractivity (Wildman–Crippen MR) is 96.0 cm³/mol. The second-order valence-corrected chi connectivity index (χ2v) is 5.57. The Balaban J connectivity index is 0.00000132. The number of nitrogens with zero attached hydrogens (tertiary/aromatic N) is 2. The van der Waals surface area contributed by atoms with Crippen molar-refractivity contribution in [3.05, 3.63) is 42.2 Å². The molecule has 1 saturated carbocycles. The fourth-order valence-corrected chi connectivity index (χ4v) is 2.75. The number of hydrogen-bond donors (Lipinski definition) is 1. The van der Waals surface area contributed by atoms with Gasteiger partial charge in [-0.3, -0.25) is 9.78 Å². The number of carbonyl (C=O) groups excluding carboxylic acids is 1. The number of para-hydroxylation sites is 2. The number of nitrogens with one attached hydrogen (secondary N) is 1. The van der Waals surface area contributed by atoms with Crippen LogP contribution in [0.2, 0.25) is 0 Å². The lowest BCUT2D eigenvalue weighted by atomic mass is 9.96. The van der Waals surface area contributed by atoms with E-state index in [9.17, 15) is 4.79 Å². The number of aromatic nitrogens is 2. The van der Waals surface area contributed by atoms with Gasteiger partial charge in [0, 0.05) is 0 Å². The maximum Gasteiger partial charge on any atom is 0.272 e. The molecule has 3 rings (SSSR count). The van der Waals surface area contributed by atoms with E-state index in [2.05, 4.69) is 15.3 Å². The molecule has 4 nitrogen and oxygen atoms in total. The molecular weight excluding hydrogens is 286 g/mol. The van der Waals surface area contributed by atoms with E-state index in [-0.39, 0.29) is 20.8 Å². The van der Waals surface area contributed by atoms with E-state index in [1.54, 1.807) is 6.20 Å². The Hall–Kier alpha value is -1.97. The fourth-order valence-electron chi connectivity index (χ4n) is 2.75. The average Bonchev–Trinajstić information content (AvgIpc) is 2.49. The average molecular weight is 314 g/mol. The van der Waals surface area contributed by atoms with Crippen molar-refractivity contribution >= 4 is 16.9 Å². The normalized spacial score (nSPS) is 15.7. The van der Waals surface area contributed by atoms with E-state index in [1.165, 1.54) is 32.1 Å². The quantitative estimate of drug-likeness (QED) is 0.857. The van der Waals surface area contributed by atoms with Crippen LogP contribution in [-0.2, 0) is 0 Å². The molecule has 1 heterocycles. The van der Waals surface area contributed by atoms with Gasteiger partial charge in [-0.2, -0.15) is 0 Å². The molecule has 1 N–H and O–H groups in total. The molecule has 1 aliphatic carbocycles. The Morgan fingerprint density at radius 2 is 1.52 bits per heavy atom. The number of carbonyl (C=O) groups is 1. The van der Waals surface area contributed by atoms with Crippen LogP contribution in [0.25, 0.3) is 11.0 Å². The topological polar surface area (TPSA) is 54.9 Å². The molecule has 1 aromatic heterocycles. The Kier molecular flexibility index (Phi) is 7.66. The largest absolute Gasteiger partial charge is 0.343 e. The minimum absolute atomic E-state index is 0. The molecule has 0 aliphatic heterocycles. The first kappa shape index (κ1) is 19.1. The SMILES string of the molecule is C.C.O=C(N[C]1CCCCCCC1)c1cnc2ccccc2n1. The van der Waals surface area contributed by atoms with E-state index < -0.39 is 0 Å². The van der Waals surface area contributed by atoms with Gasteiger partial charge in [0.15, 0.2) is 0 Å². The first-order valence-electron chi connectivity index (χ1n) is 7.71. The number of hydrogen-bond acceptors (Lipinski definition) is 3. The number of fused-ring (bicyclic) bond motifs is 1. The van der Waals surface area contributed by atoms with Gasteiger partial charge < -0.3 is 5.32 Å². The van der Waals surface area contributed by atoms with Crippen molar-refractivity contribution in [2.45, 2.75) is 59.8 Å². The van der Waals surface area contributed by atoms with E-state index in [1.807, 2.05) is 24.3 Å².